The zero-order valence-electron chi connectivity index (χ0n) is 23.8. The minimum absolute atomic E-state index is 0.152. The summed E-state index contributed by atoms with van der Waals surface area (Å²) in [5, 5.41) is 27.6. The Balaban J connectivity index is 0.000000465. The lowest BCUT2D eigenvalue weighted by molar-refractivity contribution is 0.0946. The van der Waals surface area contributed by atoms with E-state index in [4.69, 9.17) is 10.5 Å². The highest BCUT2D eigenvalue weighted by atomic mass is 16.3. The average molecular weight is 496 g/mol. The number of hydrogen-bond donors (Lipinski definition) is 3. The van der Waals surface area contributed by atoms with E-state index in [1.165, 1.54) is 75.3 Å². The minimum Gasteiger partial charge on any atom is -0.508 e. The highest BCUT2D eigenvalue weighted by Gasteiger charge is 2.53. The lowest BCUT2D eigenvalue weighted by atomic mass is 9.54. The fourth-order valence-corrected chi connectivity index (χ4v) is 9.26. The number of aromatic hydroxyl groups is 1. The zero-order chi connectivity index (χ0) is 26.1. The van der Waals surface area contributed by atoms with E-state index in [-0.39, 0.29) is 10.8 Å². The summed E-state index contributed by atoms with van der Waals surface area (Å²) in [6.45, 7) is 11.1. The molecular formula is C33H53NO2. The second-order valence-corrected chi connectivity index (χ2v) is 13.0. The summed E-state index contributed by atoms with van der Waals surface area (Å²) in [5.74, 6) is 4.42. The molecule has 0 radical (unpaired) electrons. The first-order chi connectivity index (χ1) is 17.3. The van der Waals surface area contributed by atoms with Crippen LogP contribution in [0.3, 0.4) is 0 Å². The van der Waals surface area contributed by atoms with Crippen LogP contribution in [0.25, 0.3) is 0 Å². The molecule has 4 fully saturated rings. The summed E-state index contributed by atoms with van der Waals surface area (Å²) < 4.78 is 0. The SMILES string of the molecule is CC.CC1(c2cc3c(cc2O)CCC2C3CC[C@]3(C)C(=N)CCC23)CC2CCCC(C2)C1.CCCO. The fourth-order valence-electron chi connectivity index (χ4n) is 9.26. The molecule has 5 aliphatic carbocycles. The van der Waals surface area contributed by atoms with Crippen molar-refractivity contribution in [1.82, 2.24) is 0 Å². The minimum atomic E-state index is 0.152. The van der Waals surface area contributed by atoms with Crippen LogP contribution in [-0.2, 0) is 11.8 Å². The largest absolute Gasteiger partial charge is 0.508 e. The molecule has 1 aromatic carbocycles. The van der Waals surface area contributed by atoms with Gasteiger partial charge in [-0.3, -0.25) is 0 Å². The van der Waals surface area contributed by atoms with Crippen LogP contribution in [0.15, 0.2) is 12.1 Å². The van der Waals surface area contributed by atoms with Gasteiger partial charge in [0.2, 0.25) is 0 Å². The van der Waals surface area contributed by atoms with Crippen molar-refractivity contribution in [3.05, 3.63) is 28.8 Å². The van der Waals surface area contributed by atoms with Crippen molar-refractivity contribution in [2.75, 3.05) is 6.61 Å². The maximum absolute atomic E-state index is 11.1. The molecule has 1 aromatic rings. The van der Waals surface area contributed by atoms with Crippen molar-refractivity contribution in [2.45, 2.75) is 129 Å². The van der Waals surface area contributed by atoms with E-state index in [0.717, 1.165) is 42.7 Å². The van der Waals surface area contributed by atoms with Crippen molar-refractivity contribution in [3.63, 3.8) is 0 Å². The fraction of sp³-hybridized carbons (Fsp3) is 0.788. The maximum atomic E-state index is 11.1. The first kappa shape index (κ1) is 27.7. The number of rotatable bonds is 2. The van der Waals surface area contributed by atoms with Gasteiger partial charge in [0.25, 0.3) is 0 Å². The monoisotopic (exact) mass is 495 g/mol. The number of fused-ring (bicyclic) bond motifs is 7. The van der Waals surface area contributed by atoms with Gasteiger partial charge >= 0.3 is 0 Å². The number of aryl methyl sites for hydroxylation is 1. The lowest BCUT2D eigenvalue weighted by Gasteiger charge is -2.50. The van der Waals surface area contributed by atoms with Crippen molar-refractivity contribution in [2.24, 2.45) is 29.1 Å². The molecule has 0 saturated heterocycles. The number of phenolic OH excluding ortho intramolecular Hbond substituents is 1. The molecule has 36 heavy (non-hydrogen) atoms. The molecule has 202 valence electrons. The van der Waals surface area contributed by atoms with Crippen LogP contribution >= 0.6 is 0 Å². The van der Waals surface area contributed by atoms with Gasteiger partial charge in [0.05, 0.1) is 0 Å². The Kier molecular flexibility index (Phi) is 8.59. The molecule has 0 heterocycles. The summed E-state index contributed by atoms with van der Waals surface area (Å²) in [6.07, 6.45) is 16.1. The smallest absolute Gasteiger partial charge is 0.119 e. The molecule has 2 bridgehead atoms. The van der Waals surface area contributed by atoms with Gasteiger partial charge in [-0.2, -0.15) is 0 Å². The molecular weight excluding hydrogens is 442 g/mol. The average Bonchev–Trinajstić information content (AvgIpc) is 3.18. The number of benzene rings is 1. The number of aliphatic hydroxyl groups excluding tert-OH is 1. The van der Waals surface area contributed by atoms with E-state index >= 15 is 0 Å². The van der Waals surface area contributed by atoms with Gasteiger partial charge in [-0.05, 0) is 116 Å². The molecule has 3 N–H and O–H groups in total. The Labute approximate surface area is 221 Å². The van der Waals surface area contributed by atoms with Crippen LogP contribution in [0.2, 0.25) is 0 Å². The first-order valence-electron chi connectivity index (χ1n) is 15.3. The quantitative estimate of drug-likeness (QED) is 0.385. The van der Waals surface area contributed by atoms with Crippen LogP contribution in [0.5, 0.6) is 5.75 Å². The van der Waals surface area contributed by atoms with E-state index in [1.807, 2.05) is 20.8 Å². The van der Waals surface area contributed by atoms with Crippen molar-refractivity contribution in [3.8, 4) is 5.75 Å². The van der Waals surface area contributed by atoms with Crippen LogP contribution < -0.4 is 0 Å². The molecule has 3 heteroatoms. The predicted molar refractivity (Wildman–Crippen MR) is 151 cm³/mol. The van der Waals surface area contributed by atoms with Crippen molar-refractivity contribution < 1.29 is 10.2 Å². The predicted octanol–water partition coefficient (Wildman–Crippen LogP) is 8.54. The molecule has 3 nitrogen and oxygen atoms in total. The van der Waals surface area contributed by atoms with Gasteiger partial charge in [-0.15, -0.1) is 0 Å². The maximum Gasteiger partial charge on any atom is 0.119 e. The van der Waals surface area contributed by atoms with Crippen molar-refractivity contribution >= 4 is 5.71 Å². The van der Waals surface area contributed by atoms with Gasteiger partial charge in [0.15, 0.2) is 0 Å². The lowest BCUT2D eigenvalue weighted by Crippen LogP contribution is -2.42. The van der Waals surface area contributed by atoms with Crippen LogP contribution in [0.4, 0.5) is 0 Å². The van der Waals surface area contributed by atoms with Gasteiger partial charge < -0.3 is 15.6 Å². The Bertz CT molecular complexity index is 909. The summed E-state index contributed by atoms with van der Waals surface area (Å²) >= 11 is 0. The molecule has 5 aliphatic rings. The molecule has 0 aliphatic heterocycles. The molecule has 0 amide bonds. The third kappa shape index (κ3) is 4.91. The highest BCUT2D eigenvalue weighted by Crippen LogP contribution is 2.60. The summed E-state index contributed by atoms with van der Waals surface area (Å²) in [4.78, 5) is 0. The zero-order valence-corrected chi connectivity index (χ0v) is 23.8. The van der Waals surface area contributed by atoms with E-state index in [9.17, 15) is 5.11 Å². The molecule has 4 saturated carbocycles. The normalized spacial score (nSPS) is 38.4. The third-order valence-corrected chi connectivity index (χ3v) is 10.9. The van der Waals surface area contributed by atoms with Gasteiger partial charge in [0.1, 0.15) is 5.75 Å². The van der Waals surface area contributed by atoms with E-state index in [0.29, 0.717) is 24.2 Å². The van der Waals surface area contributed by atoms with Gasteiger partial charge in [0, 0.05) is 23.3 Å². The molecule has 5 unspecified atom stereocenters. The standard InChI is InChI=1S/C28H39NO.C3H8O.C2H6/c1-27(15-17-4-3-5-18(12-17)16-27)24-14-22-19(13-25(24)30)6-7-21-20(22)10-11-28(2)23(21)8-9-26(28)29;1-2-3-4;1-2/h13-14,17-18,20-21,23,29-30H,3-12,15-16H2,1-2H3;4H,2-3H2,1H3;1-2H3/t17?,18?,20?,21?,23?,27?,28-;;/m0../s1. The van der Waals surface area contributed by atoms with Crippen LogP contribution in [-0.4, -0.2) is 22.5 Å². The summed E-state index contributed by atoms with van der Waals surface area (Å²) in [6, 6.07) is 4.66. The Morgan fingerprint density at radius 3 is 2.28 bits per heavy atom. The Hall–Kier alpha value is -1.35. The number of nitrogens with one attached hydrogen (secondary N) is 1. The first-order valence-corrected chi connectivity index (χ1v) is 15.3. The second-order valence-electron chi connectivity index (χ2n) is 13.0. The van der Waals surface area contributed by atoms with Crippen LogP contribution in [0, 0.1) is 34.5 Å². The van der Waals surface area contributed by atoms with Crippen molar-refractivity contribution in [1.29, 1.82) is 5.41 Å². The summed E-state index contributed by atoms with van der Waals surface area (Å²) in [7, 11) is 0. The van der Waals surface area contributed by atoms with Crippen LogP contribution in [0.1, 0.15) is 134 Å². The topological polar surface area (TPSA) is 64.3 Å². The Morgan fingerprint density at radius 2 is 1.64 bits per heavy atom. The summed E-state index contributed by atoms with van der Waals surface area (Å²) in [5.41, 5.74) is 5.63. The van der Waals surface area contributed by atoms with E-state index < -0.39 is 0 Å². The third-order valence-electron chi connectivity index (χ3n) is 10.9. The Morgan fingerprint density at radius 1 is 0.972 bits per heavy atom. The highest BCUT2D eigenvalue weighted by molar-refractivity contribution is 5.89. The molecule has 0 aromatic heterocycles. The van der Waals surface area contributed by atoms with E-state index in [1.54, 1.807) is 5.56 Å². The number of phenols is 1. The molecule has 0 spiro atoms. The van der Waals surface area contributed by atoms with Gasteiger partial charge in [-0.1, -0.05) is 59.9 Å². The second kappa shape index (κ2) is 11.2. The van der Waals surface area contributed by atoms with Gasteiger partial charge in [-0.25, -0.2) is 0 Å². The molecule has 6 atom stereocenters. The number of hydrogen-bond acceptors (Lipinski definition) is 3. The van der Waals surface area contributed by atoms with E-state index in [2.05, 4.69) is 26.0 Å². The molecule has 6 rings (SSSR count). The number of aliphatic hydroxyl groups is 1.